The second kappa shape index (κ2) is 7.52. The highest BCUT2D eigenvalue weighted by Crippen LogP contribution is 2.26. The molecule has 6 heteroatoms. The maximum atomic E-state index is 12.9. The van der Waals surface area contributed by atoms with Gasteiger partial charge in [-0.15, -0.1) is 0 Å². The van der Waals surface area contributed by atoms with E-state index in [2.05, 4.69) is 5.10 Å². The molecule has 2 aromatic heterocycles. The Morgan fingerprint density at radius 3 is 2.43 bits per heavy atom. The zero-order valence-electron chi connectivity index (χ0n) is 15.6. The first kappa shape index (κ1) is 17.7. The van der Waals surface area contributed by atoms with Crippen LogP contribution in [0.15, 0.2) is 66.9 Å². The van der Waals surface area contributed by atoms with Gasteiger partial charge in [-0.3, -0.25) is 0 Å². The maximum Gasteiger partial charge on any atom is 0.344 e. The molecule has 0 spiro atoms. The van der Waals surface area contributed by atoms with Gasteiger partial charge in [0, 0.05) is 12.1 Å². The fourth-order valence-electron chi connectivity index (χ4n) is 3.01. The summed E-state index contributed by atoms with van der Waals surface area (Å²) in [4.78, 5) is 17.7. The van der Waals surface area contributed by atoms with E-state index in [4.69, 9.17) is 14.5 Å². The first-order valence-electron chi connectivity index (χ1n) is 8.98. The number of rotatable bonds is 5. The van der Waals surface area contributed by atoms with Gasteiger partial charge in [0.15, 0.2) is 5.65 Å². The van der Waals surface area contributed by atoms with E-state index in [1.165, 1.54) is 0 Å². The number of pyridine rings is 1. The highest BCUT2D eigenvalue weighted by Gasteiger charge is 2.19. The van der Waals surface area contributed by atoms with Crippen LogP contribution in [0.25, 0.3) is 22.3 Å². The molecular formula is C22H19N3O3. The summed E-state index contributed by atoms with van der Waals surface area (Å²) in [6.45, 7) is 2.64. The van der Waals surface area contributed by atoms with Gasteiger partial charge in [-0.05, 0) is 37.3 Å². The molecule has 0 aliphatic rings. The normalized spacial score (nSPS) is 10.8. The molecule has 0 aliphatic heterocycles. The van der Waals surface area contributed by atoms with Crippen LogP contribution in [0.1, 0.15) is 17.3 Å². The number of hydrogen-bond donors (Lipinski definition) is 0. The van der Waals surface area contributed by atoms with Crippen molar-refractivity contribution >= 4 is 17.0 Å². The molecule has 0 unspecified atom stereocenters. The van der Waals surface area contributed by atoms with E-state index in [0.29, 0.717) is 40.3 Å². The molecule has 0 saturated heterocycles. The molecule has 0 fully saturated rings. The zero-order valence-corrected chi connectivity index (χ0v) is 15.6. The van der Waals surface area contributed by atoms with Crippen molar-refractivity contribution < 1.29 is 14.3 Å². The van der Waals surface area contributed by atoms with Crippen LogP contribution in [-0.4, -0.2) is 27.8 Å². The number of fused-ring (bicyclic) bond motifs is 1. The molecule has 140 valence electrons. The molecule has 28 heavy (non-hydrogen) atoms. The van der Waals surface area contributed by atoms with Gasteiger partial charge in [0.25, 0.3) is 0 Å². The quantitative estimate of drug-likeness (QED) is 0.384. The van der Waals surface area contributed by atoms with Crippen LogP contribution in [0.3, 0.4) is 0 Å². The predicted molar refractivity (Wildman–Crippen MR) is 107 cm³/mol. The first-order chi connectivity index (χ1) is 13.7. The van der Waals surface area contributed by atoms with Crippen LogP contribution in [0, 0.1) is 0 Å². The number of methoxy groups -OCH3 is 1. The maximum absolute atomic E-state index is 12.9. The summed E-state index contributed by atoms with van der Waals surface area (Å²) in [7, 11) is 1.59. The van der Waals surface area contributed by atoms with Crippen LogP contribution in [0.2, 0.25) is 0 Å². The number of ether oxygens (including phenoxy) is 2. The predicted octanol–water partition coefficient (Wildman–Crippen LogP) is 4.35. The number of esters is 1. The smallest absolute Gasteiger partial charge is 0.344 e. The van der Waals surface area contributed by atoms with E-state index >= 15 is 0 Å². The largest absolute Gasteiger partial charge is 0.497 e. The number of hydrogen-bond acceptors (Lipinski definition) is 5. The third-order valence-electron chi connectivity index (χ3n) is 4.47. The summed E-state index contributed by atoms with van der Waals surface area (Å²) in [6.07, 6.45) is 1.66. The van der Waals surface area contributed by atoms with Gasteiger partial charge in [0.2, 0.25) is 0 Å². The van der Waals surface area contributed by atoms with Gasteiger partial charge >= 0.3 is 5.97 Å². The topological polar surface area (TPSA) is 66.2 Å². The third-order valence-corrected chi connectivity index (χ3v) is 4.47. The Morgan fingerprint density at radius 2 is 1.75 bits per heavy atom. The molecule has 4 rings (SSSR count). The van der Waals surface area contributed by atoms with E-state index in [1.807, 2.05) is 37.3 Å². The van der Waals surface area contributed by atoms with Crippen molar-refractivity contribution in [3.63, 3.8) is 0 Å². The zero-order chi connectivity index (χ0) is 19.5. The van der Waals surface area contributed by atoms with E-state index in [9.17, 15) is 4.79 Å². The van der Waals surface area contributed by atoms with Gasteiger partial charge in [-0.1, -0.05) is 30.3 Å². The van der Waals surface area contributed by atoms with E-state index < -0.39 is 5.97 Å². The Labute approximate surface area is 162 Å². The van der Waals surface area contributed by atoms with Crippen LogP contribution >= 0.6 is 0 Å². The van der Waals surface area contributed by atoms with E-state index in [1.54, 1.807) is 48.3 Å². The average Bonchev–Trinajstić information content (AvgIpc) is 3.17. The molecule has 4 aromatic rings. The van der Waals surface area contributed by atoms with Crippen molar-refractivity contribution in [2.45, 2.75) is 13.5 Å². The summed E-state index contributed by atoms with van der Waals surface area (Å²) in [5.74, 6) is 0.687. The lowest BCUT2D eigenvalue weighted by atomic mass is 10.1. The van der Waals surface area contributed by atoms with Crippen LogP contribution in [-0.2, 0) is 6.54 Å². The molecule has 2 heterocycles. The SMILES string of the molecule is CCn1ncc2c(C(=O)Oc3ccc(OC)cc3)cc(-c3ccccc3)nc21. The Kier molecular flexibility index (Phi) is 4.76. The van der Waals surface area contributed by atoms with Crippen LogP contribution < -0.4 is 9.47 Å². The van der Waals surface area contributed by atoms with Crippen molar-refractivity contribution in [2.24, 2.45) is 0 Å². The number of carbonyl (C=O) groups is 1. The highest BCUT2D eigenvalue weighted by atomic mass is 16.5. The lowest BCUT2D eigenvalue weighted by Gasteiger charge is -2.09. The van der Waals surface area contributed by atoms with Gasteiger partial charge in [-0.2, -0.15) is 5.10 Å². The molecule has 6 nitrogen and oxygen atoms in total. The molecule has 0 bridgehead atoms. The number of carbonyl (C=O) groups excluding carboxylic acids is 1. The molecule has 0 N–H and O–H groups in total. The first-order valence-corrected chi connectivity index (χ1v) is 8.98. The Bertz CT molecular complexity index is 1120. The molecule has 0 radical (unpaired) electrons. The van der Waals surface area contributed by atoms with Crippen molar-refractivity contribution in [1.29, 1.82) is 0 Å². The number of aryl methyl sites for hydroxylation is 1. The summed E-state index contributed by atoms with van der Waals surface area (Å²) < 4.78 is 12.5. The third kappa shape index (κ3) is 3.32. The Balaban J connectivity index is 1.78. The van der Waals surface area contributed by atoms with Gasteiger partial charge in [0.1, 0.15) is 11.5 Å². The van der Waals surface area contributed by atoms with E-state index in [0.717, 1.165) is 5.56 Å². The molecule has 0 atom stereocenters. The molecular weight excluding hydrogens is 354 g/mol. The Morgan fingerprint density at radius 1 is 1.04 bits per heavy atom. The molecule has 0 aliphatic carbocycles. The molecule has 0 amide bonds. The average molecular weight is 373 g/mol. The van der Waals surface area contributed by atoms with Crippen LogP contribution in [0.4, 0.5) is 0 Å². The summed E-state index contributed by atoms with van der Waals surface area (Å²) >= 11 is 0. The van der Waals surface area contributed by atoms with Crippen molar-refractivity contribution in [1.82, 2.24) is 14.8 Å². The monoisotopic (exact) mass is 373 g/mol. The minimum absolute atomic E-state index is 0.430. The minimum Gasteiger partial charge on any atom is -0.497 e. The summed E-state index contributed by atoms with van der Waals surface area (Å²) in [6, 6.07) is 18.4. The Hall–Kier alpha value is -3.67. The van der Waals surface area contributed by atoms with Gasteiger partial charge < -0.3 is 9.47 Å². The standard InChI is InChI=1S/C22H19N3O3/c1-3-25-21-19(14-23-25)18(13-20(24-21)15-7-5-4-6-8-15)22(26)28-17-11-9-16(27-2)10-12-17/h4-14H,3H2,1-2H3. The molecule has 2 aromatic carbocycles. The fourth-order valence-corrected chi connectivity index (χ4v) is 3.01. The van der Waals surface area contributed by atoms with Gasteiger partial charge in [0.05, 0.1) is 30.0 Å². The van der Waals surface area contributed by atoms with Gasteiger partial charge in [-0.25, -0.2) is 14.5 Å². The van der Waals surface area contributed by atoms with Crippen molar-refractivity contribution in [3.05, 3.63) is 72.4 Å². The lowest BCUT2D eigenvalue weighted by Crippen LogP contribution is -2.10. The van der Waals surface area contributed by atoms with Crippen molar-refractivity contribution in [2.75, 3.05) is 7.11 Å². The number of nitrogens with zero attached hydrogens (tertiary/aromatic N) is 3. The number of benzene rings is 2. The van der Waals surface area contributed by atoms with E-state index in [-0.39, 0.29) is 0 Å². The van der Waals surface area contributed by atoms with Crippen LogP contribution in [0.5, 0.6) is 11.5 Å². The minimum atomic E-state index is -0.453. The summed E-state index contributed by atoms with van der Waals surface area (Å²) in [5.41, 5.74) is 2.71. The second-order valence-electron chi connectivity index (χ2n) is 6.18. The fraction of sp³-hybridized carbons (Fsp3) is 0.136. The highest BCUT2D eigenvalue weighted by molar-refractivity contribution is 6.04. The summed E-state index contributed by atoms with van der Waals surface area (Å²) in [5, 5.41) is 5.02. The molecule has 0 saturated carbocycles. The lowest BCUT2D eigenvalue weighted by molar-refractivity contribution is 0.0736. The second-order valence-corrected chi connectivity index (χ2v) is 6.18. The number of aromatic nitrogens is 3. The van der Waals surface area contributed by atoms with Crippen molar-refractivity contribution in [3.8, 4) is 22.8 Å².